The Labute approximate surface area is 107 Å². The van der Waals surface area contributed by atoms with Gasteiger partial charge in [0.15, 0.2) is 0 Å². The van der Waals surface area contributed by atoms with Crippen LogP contribution in [0.25, 0.3) is 0 Å². The summed E-state index contributed by atoms with van der Waals surface area (Å²) in [5.74, 6) is 0. The maximum absolute atomic E-state index is 6.12. The second kappa shape index (κ2) is 4.45. The van der Waals surface area contributed by atoms with Gasteiger partial charge >= 0.3 is 0 Å². The van der Waals surface area contributed by atoms with Gasteiger partial charge in [-0.15, -0.1) is 22.7 Å². The first-order chi connectivity index (χ1) is 6.68. The van der Waals surface area contributed by atoms with E-state index in [9.17, 15) is 0 Å². The summed E-state index contributed by atoms with van der Waals surface area (Å²) in [6.07, 6.45) is 0. The van der Waals surface area contributed by atoms with Gasteiger partial charge in [-0.25, -0.2) is 0 Å². The van der Waals surface area contributed by atoms with Crippen LogP contribution in [0.5, 0.6) is 0 Å². The third kappa shape index (κ3) is 2.12. The predicted octanol–water partition coefficient (Wildman–Crippen LogP) is 4.38. The summed E-state index contributed by atoms with van der Waals surface area (Å²) in [6, 6.07) is 6.16. The topological polar surface area (TPSA) is 26.0 Å². The molecule has 0 aliphatic carbocycles. The molecule has 5 heteroatoms. The Kier molecular flexibility index (Phi) is 3.44. The minimum absolute atomic E-state index is 0.00241. The molecule has 14 heavy (non-hydrogen) atoms. The van der Waals surface area contributed by atoms with E-state index in [1.54, 1.807) is 22.7 Å². The maximum atomic E-state index is 6.12. The average molecular weight is 353 g/mol. The van der Waals surface area contributed by atoms with E-state index in [2.05, 4.69) is 44.0 Å². The van der Waals surface area contributed by atoms with Crippen LogP contribution >= 0.6 is 54.5 Å². The summed E-state index contributed by atoms with van der Waals surface area (Å²) in [5.41, 5.74) is 6.12. The molecule has 0 aliphatic heterocycles. The van der Waals surface area contributed by atoms with Gasteiger partial charge in [-0.2, -0.15) is 0 Å². The molecule has 1 nitrogen and oxygen atoms in total. The van der Waals surface area contributed by atoms with E-state index in [0.717, 1.165) is 8.26 Å². The molecule has 1 atom stereocenters. The predicted molar refractivity (Wildman–Crippen MR) is 70.1 cm³/mol. The molecule has 74 valence electrons. The van der Waals surface area contributed by atoms with E-state index >= 15 is 0 Å². The highest BCUT2D eigenvalue weighted by Crippen LogP contribution is 2.37. The first-order valence-electron chi connectivity index (χ1n) is 3.92. The molecule has 0 spiro atoms. The van der Waals surface area contributed by atoms with Gasteiger partial charge in [-0.1, -0.05) is 6.07 Å². The summed E-state index contributed by atoms with van der Waals surface area (Å²) in [6.45, 7) is 0. The van der Waals surface area contributed by atoms with Crippen molar-refractivity contribution in [3.05, 3.63) is 41.6 Å². The number of halogens is 2. The highest BCUT2D eigenvalue weighted by molar-refractivity contribution is 9.13. The van der Waals surface area contributed by atoms with E-state index < -0.39 is 0 Å². The fraction of sp³-hybridized carbons (Fsp3) is 0.111. The summed E-state index contributed by atoms with van der Waals surface area (Å²) in [4.78, 5) is 2.37. The third-order valence-electron chi connectivity index (χ3n) is 1.82. The van der Waals surface area contributed by atoms with Gasteiger partial charge in [0.25, 0.3) is 0 Å². The minimum Gasteiger partial charge on any atom is -0.319 e. The first kappa shape index (κ1) is 10.8. The molecule has 0 bridgehead atoms. The van der Waals surface area contributed by atoms with Crippen LogP contribution < -0.4 is 5.73 Å². The average Bonchev–Trinajstić information content (AvgIpc) is 2.76. The lowest BCUT2D eigenvalue weighted by Crippen LogP contribution is -2.07. The van der Waals surface area contributed by atoms with Crippen molar-refractivity contribution in [3.8, 4) is 0 Å². The van der Waals surface area contributed by atoms with Crippen molar-refractivity contribution in [3.63, 3.8) is 0 Å². The monoisotopic (exact) mass is 351 g/mol. The van der Waals surface area contributed by atoms with Crippen molar-refractivity contribution in [1.82, 2.24) is 0 Å². The number of rotatable bonds is 2. The Morgan fingerprint density at radius 3 is 2.57 bits per heavy atom. The van der Waals surface area contributed by atoms with Gasteiger partial charge in [-0.3, -0.25) is 0 Å². The van der Waals surface area contributed by atoms with Crippen molar-refractivity contribution in [2.24, 2.45) is 5.73 Å². The molecule has 0 amide bonds. The second-order valence-corrected chi connectivity index (χ2v) is 7.00. The molecule has 2 rings (SSSR count). The lowest BCUT2D eigenvalue weighted by molar-refractivity contribution is 0.917. The number of hydrogen-bond donors (Lipinski definition) is 1. The largest absolute Gasteiger partial charge is 0.319 e. The second-order valence-electron chi connectivity index (χ2n) is 2.76. The molecule has 0 saturated heterocycles. The Balaban J connectivity index is 2.32. The van der Waals surface area contributed by atoms with Crippen molar-refractivity contribution < 1.29 is 0 Å². The van der Waals surface area contributed by atoms with E-state index in [-0.39, 0.29) is 6.04 Å². The normalized spacial score (nSPS) is 13.1. The fourth-order valence-electron chi connectivity index (χ4n) is 1.13. The molecule has 2 heterocycles. The number of hydrogen-bond acceptors (Lipinski definition) is 3. The van der Waals surface area contributed by atoms with Crippen LogP contribution in [0.3, 0.4) is 0 Å². The molecular formula is C9H7Br2NS2. The van der Waals surface area contributed by atoms with Crippen molar-refractivity contribution in [1.29, 1.82) is 0 Å². The maximum Gasteiger partial charge on any atom is 0.0843 e. The van der Waals surface area contributed by atoms with Crippen molar-refractivity contribution in [2.75, 3.05) is 0 Å². The number of nitrogens with two attached hydrogens (primary N) is 1. The highest BCUT2D eigenvalue weighted by Gasteiger charge is 2.14. The Hall–Kier alpha value is 0.320. The summed E-state index contributed by atoms with van der Waals surface area (Å²) in [5, 5.41) is 2.05. The lowest BCUT2D eigenvalue weighted by Gasteiger charge is -2.05. The minimum atomic E-state index is 0.00241. The van der Waals surface area contributed by atoms with E-state index in [1.807, 2.05) is 11.4 Å². The first-order valence-corrected chi connectivity index (χ1v) is 7.20. The molecule has 0 fully saturated rings. The molecule has 2 N–H and O–H groups in total. The zero-order valence-corrected chi connectivity index (χ0v) is 11.8. The molecule has 0 saturated carbocycles. The zero-order valence-electron chi connectivity index (χ0n) is 7.04. The van der Waals surface area contributed by atoms with Crippen LogP contribution in [0.2, 0.25) is 0 Å². The molecular weight excluding hydrogens is 346 g/mol. The number of thiophene rings is 2. The Morgan fingerprint density at radius 2 is 2.07 bits per heavy atom. The third-order valence-corrected chi connectivity index (χ3v) is 6.12. The van der Waals surface area contributed by atoms with Crippen molar-refractivity contribution >= 4 is 54.5 Å². The van der Waals surface area contributed by atoms with E-state index in [4.69, 9.17) is 5.73 Å². The Bertz CT molecular complexity index is 402. The summed E-state index contributed by atoms with van der Waals surface area (Å²) < 4.78 is 2.17. The molecule has 0 aromatic carbocycles. The Morgan fingerprint density at radius 1 is 1.29 bits per heavy atom. The molecule has 2 aromatic rings. The van der Waals surface area contributed by atoms with Crippen LogP contribution in [0, 0.1) is 0 Å². The van der Waals surface area contributed by atoms with Gasteiger partial charge in [0, 0.05) is 14.2 Å². The molecule has 2 aromatic heterocycles. The van der Waals surface area contributed by atoms with Crippen LogP contribution in [0.1, 0.15) is 15.8 Å². The van der Waals surface area contributed by atoms with Crippen LogP contribution in [-0.4, -0.2) is 0 Å². The molecule has 0 aliphatic rings. The molecule has 1 unspecified atom stereocenters. The quantitative estimate of drug-likeness (QED) is 0.852. The van der Waals surface area contributed by atoms with Crippen LogP contribution in [0.15, 0.2) is 31.8 Å². The van der Waals surface area contributed by atoms with E-state index in [1.165, 1.54) is 9.75 Å². The van der Waals surface area contributed by atoms with Crippen LogP contribution in [-0.2, 0) is 0 Å². The summed E-state index contributed by atoms with van der Waals surface area (Å²) in [7, 11) is 0. The standard InChI is InChI=1S/C9H7Br2NS2/c10-5-4-7(14-9(5)11)8(12)6-2-1-3-13-6/h1-4,8H,12H2. The van der Waals surface area contributed by atoms with Gasteiger partial charge < -0.3 is 5.73 Å². The highest BCUT2D eigenvalue weighted by atomic mass is 79.9. The van der Waals surface area contributed by atoms with Gasteiger partial charge in [0.2, 0.25) is 0 Å². The fourth-order valence-corrected chi connectivity index (χ4v) is 4.05. The summed E-state index contributed by atoms with van der Waals surface area (Å²) >= 11 is 10.3. The lowest BCUT2D eigenvalue weighted by atomic mass is 10.2. The smallest absolute Gasteiger partial charge is 0.0843 e. The molecule has 0 radical (unpaired) electrons. The SMILES string of the molecule is NC(c1cccs1)c1cc(Br)c(Br)s1. The van der Waals surface area contributed by atoms with Gasteiger partial charge in [-0.05, 0) is 49.4 Å². The van der Waals surface area contributed by atoms with Crippen LogP contribution in [0.4, 0.5) is 0 Å². The van der Waals surface area contributed by atoms with Gasteiger partial charge in [0.1, 0.15) is 0 Å². The van der Waals surface area contributed by atoms with E-state index in [0.29, 0.717) is 0 Å². The zero-order chi connectivity index (χ0) is 10.1. The van der Waals surface area contributed by atoms with Crippen molar-refractivity contribution in [2.45, 2.75) is 6.04 Å². The van der Waals surface area contributed by atoms with Gasteiger partial charge in [0.05, 0.1) is 9.83 Å².